The van der Waals surface area contributed by atoms with Crippen molar-refractivity contribution in [3.63, 3.8) is 0 Å². The Morgan fingerprint density at radius 1 is 1.31 bits per heavy atom. The first-order chi connectivity index (χ1) is 6.20. The van der Waals surface area contributed by atoms with Gasteiger partial charge >= 0.3 is 0 Å². The number of hydrogen-bond donors (Lipinski definition) is 1. The highest BCUT2D eigenvalue weighted by atomic mass is 14.6. The van der Waals surface area contributed by atoms with Gasteiger partial charge in [0.25, 0.3) is 0 Å². The minimum Gasteiger partial charge on any atom is -0.330 e. The largest absolute Gasteiger partial charge is 0.330 e. The van der Waals surface area contributed by atoms with Crippen LogP contribution in [0.25, 0.3) is 0 Å². The summed E-state index contributed by atoms with van der Waals surface area (Å²) in [5.41, 5.74) is 11.6. The predicted molar refractivity (Wildman–Crippen MR) is 55.9 cm³/mol. The topological polar surface area (TPSA) is 26.0 Å². The number of fused-ring (bicyclic) bond motifs is 1. The summed E-state index contributed by atoms with van der Waals surface area (Å²) >= 11 is 0. The third-order valence-corrected chi connectivity index (χ3v) is 3.04. The van der Waals surface area contributed by atoms with E-state index >= 15 is 0 Å². The number of hydrogen-bond acceptors (Lipinski definition) is 1. The van der Waals surface area contributed by atoms with Crippen molar-refractivity contribution in [2.75, 3.05) is 6.54 Å². The molecule has 1 aromatic carbocycles. The molecule has 0 amide bonds. The van der Waals surface area contributed by atoms with Crippen molar-refractivity contribution in [2.24, 2.45) is 11.7 Å². The van der Waals surface area contributed by atoms with E-state index in [2.05, 4.69) is 26.0 Å². The van der Waals surface area contributed by atoms with E-state index in [1.165, 1.54) is 29.5 Å². The van der Waals surface area contributed by atoms with Gasteiger partial charge in [0, 0.05) is 0 Å². The molecule has 0 aliphatic heterocycles. The lowest BCUT2D eigenvalue weighted by Crippen LogP contribution is -2.13. The lowest BCUT2D eigenvalue weighted by Gasteiger charge is -2.04. The first-order valence-corrected chi connectivity index (χ1v) is 4.99. The fraction of sp³-hybridized carbons (Fsp3) is 0.500. The predicted octanol–water partition coefficient (Wildman–Crippen LogP) is 1.98. The maximum Gasteiger partial charge on any atom is -0.00425 e. The Kier molecular flexibility index (Phi) is 2.12. The highest BCUT2D eigenvalue weighted by Crippen LogP contribution is 2.29. The number of nitrogens with two attached hydrogens (primary N) is 1. The molecule has 1 aromatic rings. The quantitative estimate of drug-likeness (QED) is 0.694. The van der Waals surface area contributed by atoms with Crippen LogP contribution in [0.2, 0.25) is 0 Å². The molecule has 0 aromatic heterocycles. The SMILES string of the molecule is Cc1cc(C)c2c(c1)CC(CN)C2. The maximum atomic E-state index is 5.70. The standard InChI is InChI=1S/C12H17N/c1-8-3-9(2)12-6-10(7-13)5-11(12)4-8/h3-4,10H,5-7,13H2,1-2H3. The van der Waals surface area contributed by atoms with Gasteiger partial charge in [-0.3, -0.25) is 0 Å². The molecule has 0 spiro atoms. The maximum absolute atomic E-state index is 5.70. The molecule has 1 unspecified atom stereocenters. The molecule has 2 N–H and O–H groups in total. The van der Waals surface area contributed by atoms with E-state index in [9.17, 15) is 0 Å². The van der Waals surface area contributed by atoms with E-state index in [-0.39, 0.29) is 0 Å². The van der Waals surface area contributed by atoms with E-state index in [4.69, 9.17) is 5.73 Å². The van der Waals surface area contributed by atoms with Gasteiger partial charge in [-0.15, -0.1) is 0 Å². The van der Waals surface area contributed by atoms with Crippen LogP contribution in [0, 0.1) is 19.8 Å². The van der Waals surface area contributed by atoms with Crippen molar-refractivity contribution in [1.29, 1.82) is 0 Å². The highest BCUT2D eigenvalue weighted by molar-refractivity contribution is 5.41. The molecule has 0 fully saturated rings. The van der Waals surface area contributed by atoms with Crippen LogP contribution in [0.4, 0.5) is 0 Å². The average molecular weight is 175 g/mol. The highest BCUT2D eigenvalue weighted by Gasteiger charge is 2.21. The summed E-state index contributed by atoms with van der Waals surface area (Å²) in [5.74, 6) is 0.690. The van der Waals surface area contributed by atoms with Crippen LogP contribution in [0.5, 0.6) is 0 Å². The molecule has 13 heavy (non-hydrogen) atoms. The summed E-state index contributed by atoms with van der Waals surface area (Å²) in [6.07, 6.45) is 2.38. The summed E-state index contributed by atoms with van der Waals surface area (Å²) in [6, 6.07) is 4.59. The second kappa shape index (κ2) is 3.15. The summed E-state index contributed by atoms with van der Waals surface area (Å²) in [5, 5.41) is 0. The molecule has 1 atom stereocenters. The molecule has 0 radical (unpaired) electrons. The third kappa shape index (κ3) is 1.49. The lowest BCUT2D eigenvalue weighted by molar-refractivity contribution is 0.574. The monoisotopic (exact) mass is 175 g/mol. The summed E-state index contributed by atoms with van der Waals surface area (Å²) < 4.78 is 0. The van der Waals surface area contributed by atoms with E-state index < -0.39 is 0 Å². The Morgan fingerprint density at radius 3 is 2.77 bits per heavy atom. The second-order valence-electron chi connectivity index (χ2n) is 4.23. The summed E-state index contributed by atoms with van der Waals surface area (Å²) in [6.45, 7) is 5.21. The first kappa shape index (κ1) is 8.76. The first-order valence-electron chi connectivity index (χ1n) is 4.99. The molecule has 0 heterocycles. The minimum atomic E-state index is 0.690. The smallest absolute Gasteiger partial charge is 0.00425 e. The van der Waals surface area contributed by atoms with Gasteiger partial charge in [0.2, 0.25) is 0 Å². The van der Waals surface area contributed by atoms with Gasteiger partial charge in [-0.1, -0.05) is 17.7 Å². The molecule has 1 aliphatic rings. The van der Waals surface area contributed by atoms with Gasteiger partial charge in [0.1, 0.15) is 0 Å². The van der Waals surface area contributed by atoms with Crippen molar-refractivity contribution < 1.29 is 0 Å². The van der Waals surface area contributed by atoms with E-state index in [0.717, 1.165) is 6.54 Å². The molecule has 0 bridgehead atoms. The van der Waals surface area contributed by atoms with Crippen LogP contribution in [-0.2, 0) is 12.8 Å². The van der Waals surface area contributed by atoms with E-state index in [1.807, 2.05) is 0 Å². The molecule has 1 nitrogen and oxygen atoms in total. The third-order valence-electron chi connectivity index (χ3n) is 3.04. The second-order valence-corrected chi connectivity index (χ2v) is 4.23. The molecule has 0 saturated carbocycles. The zero-order chi connectivity index (χ0) is 9.42. The van der Waals surface area contributed by atoms with Crippen LogP contribution in [-0.4, -0.2) is 6.54 Å². The Labute approximate surface area is 80.0 Å². The average Bonchev–Trinajstić information content (AvgIpc) is 2.47. The van der Waals surface area contributed by atoms with Crippen molar-refractivity contribution in [1.82, 2.24) is 0 Å². The van der Waals surface area contributed by atoms with Gasteiger partial charge in [-0.25, -0.2) is 0 Å². The van der Waals surface area contributed by atoms with Gasteiger partial charge in [0.05, 0.1) is 0 Å². The van der Waals surface area contributed by atoms with Gasteiger partial charge < -0.3 is 5.73 Å². The van der Waals surface area contributed by atoms with Crippen LogP contribution in [0.15, 0.2) is 12.1 Å². The van der Waals surface area contributed by atoms with Crippen LogP contribution in [0.3, 0.4) is 0 Å². The minimum absolute atomic E-state index is 0.690. The fourth-order valence-electron chi connectivity index (χ4n) is 2.40. The molecule has 0 saturated heterocycles. The Morgan fingerprint density at radius 2 is 2.08 bits per heavy atom. The molecular weight excluding hydrogens is 158 g/mol. The van der Waals surface area contributed by atoms with Crippen LogP contribution < -0.4 is 5.73 Å². The van der Waals surface area contributed by atoms with Crippen LogP contribution in [0.1, 0.15) is 22.3 Å². The van der Waals surface area contributed by atoms with Crippen molar-refractivity contribution in [3.8, 4) is 0 Å². The number of rotatable bonds is 1. The van der Waals surface area contributed by atoms with Gasteiger partial charge in [0.15, 0.2) is 0 Å². The summed E-state index contributed by atoms with van der Waals surface area (Å²) in [7, 11) is 0. The normalized spacial score (nSPS) is 20.4. The zero-order valence-corrected chi connectivity index (χ0v) is 8.43. The Hall–Kier alpha value is -0.820. The molecule has 1 aliphatic carbocycles. The molecular formula is C12H17N. The van der Waals surface area contributed by atoms with E-state index in [0.29, 0.717) is 5.92 Å². The van der Waals surface area contributed by atoms with Crippen molar-refractivity contribution >= 4 is 0 Å². The lowest BCUT2D eigenvalue weighted by atomic mass is 10.0. The molecule has 2 rings (SSSR count). The Bertz CT molecular complexity index is 328. The van der Waals surface area contributed by atoms with Crippen LogP contribution >= 0.6 is 0 Å². The van der Waals surface area contributed by atoms with Gasteiger partial charge in [-0.2, -0.15) is 0 Å². The number of benzene rings is 1. The Balaban J connectivity index is 2.40. The van der Waals surface area contributed by atoms with E-state index in [1.54, 1.807) is 5.56 Å². The molecule has 1 heteroatoms. The van der Waals surface area contributed by atoms with Crippen molar-refractivity contribution in [2.45, 2.75) is 26.7 Å². The zero-order valence-electron chi connectivity index (χ0n) is 8.43. The fourth-order valence-corrected chi connectivity index (χ4v) is 2.40. The van der Waals surface area contributed by atoms with Gasteiger partial charge in [-0.05, 0) is 55.8 Å². The van der Waals surface area contributed by atoms with Crippen molar-refractivity contribution in [3.05, 3.63) is 34.4 Å². The summed E-state index contributed by atoms with van der Waals surface area (Å²) in [4.78, 5) is 0. The number of aryl methyl sites for hydroxylation is 2. The molecule has 70 valence electrons.